The first-order valence-electron chi connectivity index (χ1n) is 9.92. The number of rotatable bonds is 7. The Morgan fingerprint density at radius 1 is 0.964 bits per heavy atom. The van der Waals surface area contributed by atoms with E-state index < -0.39 is 0 Å². The molecular weight excluding hydrogens is 350 g/mol. The molecule has 1 saturated carbocycles. The largest absolute Gasteiger partial charge is 0.273 e. The molecule has 1 fully saturated rings. The summed E-state index contributed by atoms with van der Waals surface area (Å²) in [6.07, 6.45) is 6.59. The molecule has 1 amide bonds. The molecule has 144 valence electrons. The number of nitrogens with one attached hydrogen (secondary N) is 2. The van der Waals surface area contributed by atoms with Crippen LogP contribution in [0, 0.1) is 5.92 Å². The van der Waals surface area contributed by atoms with Crippen molar-refractivity contribution in [1.29, 1.82) is 0 Å². The lowest BCUT2D eigenvalue weighted by molar-refractivity contribution is -0.120. The maximum atomic E-state index is 12.3. The minimum atomic E-state index is -0.0178. The average molecular weight is 375 g/mol. The van der Waals surface area contributed by atoms with Crippen molar-refractivity contribution in [1.82, 2.24) is 20.2 Å². The van der Waals surface area contributed by atoms with E-state index in [2.05, 4.69) is 21.0 Å². The molecule has 2 N–H and O–H groups in total. The molecule has 0 bridgehead atoms. The highest BCUT2D eigenvalue weighted by atomic mass is 16.2. The molecular formula is C22H25N5O. The topological polar surface area (TPSA) is 71.8 Å². The number of hydrogen-bond donors (Lipinski definition) is 2. The van der Waals surface area contributed by atoms with Crippen LogP contribution < -0.4 is 10.9 Å². The van der Waals surface area contributed by atoms with Crippen LogP contribution in [0.15, 0.2) is 60.7 Å². The zero-order valence-electron chi connectivity index (χ0n) is 15.8. The van der Waals surface area contributed by atoms with Crippen LogP contribution in [0.1, 0.15) is 38.5 Å². The summed E-state index contributed by atoms with van der Waals surface area (Å²) in [5, 5.41) is 8.61. The maximum Gasteiger partial charge on any atom is 0.248 e. The van der Waals surface area contributed by atoms with Crippen LogP contribution in [0.5, 0.6) is 0 Å². The molecule has 0 aliphatic heterocycles. The first-order valence-corrected chi connectivity index (χ1v) is 9.92. The fourth-order valence-corrected chi connectivity index (χ4v) is 3.78. The van der Waals surface area contributed by atoms with Gasteiger partial charge in [-0.15, -0.1) is 10.2 Å². The molecule has 0 saturated heterocycles. The van der Waals surface area contributed by atoms with Gasteiger partial charge in [0.05, 0.1) is 5.69 Å². The lowest BCUT2D eigenvalue weighted by Gasteiger charge is -2.13. The first-order chi connectivity index (χ1) is 13.8. The molecule has 1 heterocycles. The zero-order valence-corrected chi connectivity index (χ0v) is 15.8. The third kappa shape index (κ3) is 4.22. The van der Waals surface area contributed by atoms with Crippen molar-refractivity contribution >= 4 is 11.9 Å². The van der Waals surface area contributed by atoms with Crippen LogP contribution in [0.4, 0.5) is 5.95 Å². The Balaban J connectivity index is 1.50. The number of nitrogens with zero attached hydrogens (tertiary/aromatic N) is 3. The number of benzene rings is 2. The molecule has 6 heteroatoms. The van der Waals surface area contributed by atoms with Gasteiger partial charge in [-0.25, -0.2) is 0 Å². The van der Waals surface area contributed by atoms with Gasteiger partial charge in [-0.3, -0.25) is 20.2 Å². The minimum Gasteiger partial charge on any atom is -0.273 e. The summed E-state index contributed by atoms with van der Waals surface area (Å²) in [7, 11) is 0. The Hall–Kier alpha value is -3.15. The molecule has 2 aromatic carbocycles. The van der Waals surface area contributed by atoms with Crippen molar-refractivity contribution in [2.24, 2.45) is 5.92 Å². The van der Waals surface area contributed by atoms with Crippen molar-refractivity contribution in [2.75, 3.05) is 5.43 Å². The maximum absolute atomic E-state index is 12.3. The van der Waals surface area contributed by atoms with Crippen molar-refractivity contribution in [2.45, 2.75) is 38.5 Å². The molecule has 1 aliphatic carbocycles. The predicted octanol–water partition coefficient (Wildman–Crippen LogP) is 4.35. The van der Waals surface area contributed by atoms with Crippen LogP contribution >= 0.6 is 0 Å². The second-order valence-electron chi connectivity index (χ2n) is 7.25. The van der Waals surface area contributed by atoms with Gasteiger partial charge in [0.1, 0.15) is 0 Å². The fourth-order valence-electron chi connectivity index (χ4n) is 3.78. The second-order valence-corrected chi connectivity index (χ2v) is 7.25. The van der Waals surface area contributed by atoms with E-state index >= 15 is 0 Å². The molecule has 3 aromatic rings. The first kappa shape index (κ1) is 18.2. The Bertz CT molecular complexity index is 901. The Kier molecular flexibility index (Phi) is 5.66. The average Bonchev–Trinajstić information content (AvgIpc) is 3.42. The van der Waals surface area contributed by atoms with Crippen LogP contribution in [-0.4, -0.2) is 20.7 Å². The van der Waals surface area contributed by atoms with Gasteiger partial charge in [0.2, 0.25) is 11.9 Å². The van der Waals surface area contributed by atoms with Crippen molar-refractivity contribution in [3.63, 3.8) is 0 Å². The van der Waals surface area contributed by atoms with Crippen LogP contribution in [0.3, 0.4) is 0 Å². The SMILES string of the molecule is O=C(CCC1CCCC1)NNc1nnc(-c2ccccc2)n1-c1ccccc1. The molecule has 0 atom stereocenters. The van der Waals surface area contributed by atoms with Crippen LogP contribution in [-0.2, 0) is 4.79 Å². The van der Waals surface area contributed by atoms with Gasteiger partial charge in [-0.1, -0.05) is 74.2 Å². The van der Waals surface area contributed by atoms with E-state index in [0.29, 0.717) is 18.3 Å². The number of anilines is 1. The van der Waals surface area contributed by atoms with E-state index in [0.717, 1.165) is 23.5 Å². The van der Waals surface area contributed by atoms with Crippen molar-refractivity contribution in [3.8, 4) is 17.1 Å². The standard InChI is InChI=1S/C22H25N5O/c28-20(16-15-17-9-7-8-10-17)23-25-22-26-24-21(18-11-3-1-4-12-18)27(22)19-13-5-2-6-14-19/h1-6,11-14,17H,7-10,15-16H2,(H,23,28)(H,25,26). The van der Waals surface area contributed by atoms with Gasteiger partial charge in [0.25, 0.3) is 0 Å². The number of aromatic nitrogens is 3. The number of carbonyl (C=O) groups excluding carboxylic acids is 1. The van der Waals surface area contributed by atoms with Crippen LogP contribution in [0.2, 0.25) is 0 Å². The highest BCUT2D eigenvalue weighted by Crippen LogP contribution is 2.28. The lowest BCUT2D eigenvalue weighted by Crippen LogP contribution is -2.31. The normalized spacial score (nSPS) is 14.1. The smallest absolute Gasteiger partial charge is 0.248 e. The summed E-state index contributed by atoms with van der Waals surface area (Å²) in [6.45, 7) is 0. The van der Waals surface area contributed by atoms with Crippen LogP contribution in [0.25, 0.3) is 17.1 Å². The van der Waals surface area contributed by atoms with Crippen molar-refractivity contribution in [3.05, 3.63) is 60.7 Å². The summed E-state index contributed by atoms with van der Waals surface area (Å²) in [4.78, 5) is 12.3. The molecule has 6 nitrogen and oxygen atoms in total. The van der Waals surface area contributed by atoms with E-state index in [1.165, 1.54) is 25.7 Å². The number of para-hydroxylation sites is 1. The Morgan fingerprint density at radius 3 is 2.36 bits per heavy atom. The van der Waals surface area contributed by atoms with Gasteiger partial charge in [0.15, 0.2) is 5.82 Å². The number of amides is 1. The summed E-state index contributed by atoms with van der Waals surface area (Å²) in [6, 6.07) is 19.8. The summed E-state index contributed by atoms with van der Waals surface area (Å²) < 4.78 is 1.91. The lowest BCUT2D eigenvalue weighted by atomic mass is 10.0. The summed E-state index contributed by atoms with van der Waals surface area (Å²) >= 11 is 0. The molecule has 1 aromatic heterocycles. The number of hydrogen-bond acceptors (Lipinski definition) is 4. The molecule has 0 spiro atoms. The van der Waals surface area contributed by atoms with E-state index in [1.54, 1.807) is 0 Å². The highest BCUT2D eigenvalue weighted by molar-refractivity contribution is 5.77. The van der Waals surface area contributed by atoms with Gasteiger partial charge in [-0.2, -0.15) is 0 Å². The number of hydrazine groups is 1. The zero-order chi connectivity index (χ0) is 19.2. The van der Waals surface area contributed by atoms with E-state index in [1.807, 2.05) is 65.2 Å². The molecule has 0 radical (unpaired) electrons. The third-order valence-electron chi connectivity index (χ3n) is 5.28. The van der Waals surface area contributed by atoms with Gasteiger partial charge in [-0.05, 0) is 24.5 Å². The molecule has 28 heavy (non-hydrogen) atoms. The summed E-state index contributed by atoms with van der Waals surface area (Å²) in [5.74, 6) is 1.88. The second kappa shape index (κ2) is 8.69. The Morgan fingerprint density at radius 2 is 1.64 bits per heavy atom. The van der Waals surface area contributed by atoms with Gasteiger partial charge >= 0.3 is 0 Å². The number of carbonyl (C=O) groups is 1. The highest BCUT2D eigenvalue weighted by Gasteiger charge is 2.18. The van der Waals surface area contributed by atoms with Gasteiger partial charge in [0, 0.05) is 12.0 Å². The Labute approximate surface area is 165 Å². The van der Waals surface area contributed by atoms with Gasteiger partial charge < -0.3 is 0 Å². The molecule has 0 unspecified atom stereocenters. The third-order valence-corrected chi connectivity index (χ3v) is 5.28. The van der Waals surface area contributed by atoms with E-state index in [4.69, 9.17) is 0 Å². The van der Waals surface area contributed by atoms with Crippen molar-refractivity contribution < 1.29 is 4.79 Å². The minimum absolute atomic E-state index is 0.0178. The molecule has 1 aliphatic rings. The predicted molar refractivity (Wildman–Crippen MR) is 110 cm³/mol. The summed E-state index contributed by atoms with van der Waals surface area (Å²) in [5.41, 5.74) is 7.64. The quantitative estimate of drug-likeness (QED) is 0.602. The fraction of sp³-hybridized carbons (Fsp3) is 0.318. The monoisotopic (exact) mass is 375 g/mol. The van der Waals surface area contributed by atoms with E-state index in [9.17, 15) is 4.79 Å². The van der Waals surface area contributed by atoms with E-state index in [-0.39, 0.29) is 5.91 Å². The molecule has 4 rings (SSSR count).